The van der Waals surface area contributed by atoms with Gasteiger partial charge in [0.2, 0.25) is 0 Å². The molecule has 0 unspecified atom stereocenters. The summed E-state index contributed by atoms with van der Waals surface area (Å²) in [6.45, 7) is 4.61. The van der Waals surface area contributed by atoms with E-state index in [1.807, 2.05) is 13.8 Å². The van der Waals surface area contributed by atoms with Crippen LogP contribution in [0.15, 0.2) is 0 Å². The van der Waals surface area contributed by atoms with Gasteiger partial charge in [0.25, 0.3) is 0 Å². The molecule has 1 heterocycles. The second-order valence-electron chi connectivity index (χ2n) is 1.95. The van der Waals surface area contributed by atoms with Gasteiger partial charge in [-0.2, -0.15) is 0 Å². The molecule has 5 heteroatoms. The lowest BCUT2D eigenvalue weighted by Gasteiger charge is -1.86. The zero-order valence-corrected chi connectivity index (χ0v) is 8.91. The summed E-state index contributed by atoms with van der Waals surface area (Å²) in [5.74, 6) is 0. The molecule has 11 heavy (non-hydrogen) atoms. The normalized spacial score (nSPS) is 8.27. The number of thiazole rings is 1. The van der Waals surface area contributed by atoms with Crippen LogP contribution in [0.5, 0.6) is 0 Å². The summed E-state index contributed by atoms with van der Waals surface area (Å²) in [4.78, 5) is 5.42. The van der Waals surface area contributed by atoms with Crippen LogP contribution in [0.4, 0.5) is 0 Å². The van der Waals surface area contributed by atoms with Crippen LogP contribution in [0.1, 0.15) is 15.6 Å². The maximum atomic E-state index is 5.43. The molecule has 0 atom stereocenters. The van der Waals surface area contributed by atoms with Crippen LogP contribution in [-0.4, -0.2) is 4.98 Å². The van der Waals surface area contributed by atoms with Crippen LogP contribution in [0.3, 0.4) is 0 Å². The van der Waals surface area contributed by atoms with E-state index in [1.165, 1.54) is 4.88 Å². The van der Waals surface area contributed by atoms with Gasteiger partial charge in [-0.1, -0.05) is 0 Å². The molecule has 0 aliphatic rings. The molecule has 0 aromatic carbocycles. The largest absolute Gasteiger partial charge is 0.326 e. The van der Waals surface area contributed by atoms with Gasteiger partial charge in [-0.3, -0.25) is 0 Å². The van der Waals surface area contributed by atoms with Gasteiger partial charge in [-0.25, -0.2) is 4.98 Å². The van der Waals surface area contributed by atoms with E-state index >= 15 is 0 Å². The van der Waals surface area contributed by atoms with Crippen molar-refractivity contribution in [3.63, 3.8) is 0 Å². The number of aryl methyl sites for hydroxylation is 2. The Morgan fingerprint density at radius 1 is 1.36 bits per heavy atom. The molecule has 0 saturated carbocycles. The smallest absolute Gasteiger partial charge is 0.0900 e. The number of aromatic nitrogens is 1. The molecule has 1 rings (SSSR count). The highest BCUT2D eigenvalue weighted by Crippen LogP contribution is 2.15. The minimum absolute atomic E-state index is 0. The molecule has 0 aliphatic heterocycles. The monoisotopic (exact) mass is 214 g/mol. The first-order chi connectivity index (χ1) is 4.24. The number of rotatable bonds is 1. The van der Waals surface area contributed by atoms with Crippen molar-refractivity contribution in [1.82, 2.24) is 4.98 Å². The average molecular weight is 215 g/mol. The van der Waals surface area contributed by atoms with E-state index in [0.29, 0.717) is 6.54 Å². The van der Waals surface area contributed by atoms with Crippen LogP contribution >= 0.6 is 36.2 Å². The Kier molecular flexibility index (Phi) is 7.21. The standard InChI is InChI=1S/C6H10N2S.2ClH/c1-4-6(3-7)9-5(2)8-4;;/h3,7H2,1-2H3;2*1H. The first kappa shape index (κ1) is 13.7. The molecule has 0 amide bonds. The summed E-state index contributed by atoms with van der Waals surface area (Å²) in [7, 11) is 0. The number of nitrogens with two attached hydrogens (primary N) is 1. The molecule has 0 spiro atoms. The molecular weight excluding hydrogens is 203 g/mol. The van der Waals surface area contributed by atoms with E-state index in [4.69, 9.17) is 5.73 Å². The molecule has 0 aliphatic carbocycles. The fourth-order valence-electron chi connectivity index (χ4n) is 0.763. The van der Waals surface area contributed by atoms with Gasteiger partial charge in [0.05, 0.1) is 10.7 Å². The second-order valence-corrected chi connectivity index (χ2v) is 3.23. The third-order valence-corrected chi connectivity index (χ3v) is 2.28. The minimum atomic E-state index is 0. The Morgan fingerprint density at radius 3 is 2.09 bits per heavy atom. The van der Waals surface area contributed by atoms with Crippen molar-refractivity contribution in [1.29, 1.82) is 0 Å². The van der Waals surface area contributed by atoms with Crippen LogP contribution < -0.4 is 5.73 Å². The lowest BCUT2D eigenvalue weighted by Crippen LogP contribution is -1.94. The maximum Gasteiger partial charge on any atom is 0.0900 e. The van der Waals surface area contributed by atoms with Crippen molar-refractivity contribution in [2.24, 2.45) is 5.73 Å². The molecule has 1 aromatic heterocycles. The molecular formula is C6H12Cl2N2S. The van der Waals surface area contributed by atoms with E-state index in [-0.39, 0.29) is 24.8 Å². The second kappa shape index (κ2) is 5.77. The van der Waals surface area contributed by atoms with E-state index in [0.717, 1.165) is 10.7 Å². The summed E-state index contributed by atoms with van der Waals surface area (Å²) in [5.41, 5.74) is 6.52. The quantitative estimate of drug-likeness (QED) is 0.778. The van der Waals surface area contributed by atoms with E-state index < -0.39 is 0 Å². The predicted molar refractivity (Wildman–Crippen MR) is 54.0 cm³/mol. The average Bonchev–Trinajstić information content (AvgIpc) is 2.10. The highest BCUT2D eigenvalue weighted by molar-refractivity contribution is 7.11. The summed E-state index contributed by atoms with van der Waals surface area (Å²) >= 11 is 1.68. The van der Waals surface area contributed by atoms with Crippen molar-refractivity contribution in [2.45, 2.75) is 20.4 Å². The van der Waals surface area contributed by atoms with Crippen molar-refractivity contribution in [3.05, 3.63) is 15.6 Å². The SMILES string of the molecule is Cc1nc(C)c(CN)s1.Cl.Cl. The Bertz CT molecular complexity index is 212. The molecule has 2 N–H and O–H groups in total. The first-order valence-corrected chi connectivity index (χ1v) is 3.68. The fourth-order valence-corrected chi connectivity index (χ4v) is 1.58. The van der Waals surface area contributed by atoms with E-state index in [9.17, 15) is 0 Å². The molecule has 66 valence electrons. The van der Waals surface area contributed by atoms with Crippen molar-refractivity contribution < 1.29 is 0 Å². The van der Waals surface area contributed by atoms with Crippen molar-refractivity contribution in [3.8, 4) is 0 Å². The maximum absolute atomic E-state index is 5.43. The summed E-state index contributed by atoms with van der Waals surface area (Å²) in [6.07, 6.45) is 0. The Hall–Kier alpha value is 0.170. The molecule has 0 fully saturated rings. The van der Waals surface area contributed by atoms with E-state index in [2.05, 4.69) is 4.98 Å². The first-order valence-electron chi connectivity index (χ1n) is 2.87. The molecule has 1 aromatic rings. The minimum Gasteiger partial charge on any atom is -0.326 e. The summed E-state index contributed by atoms with van der Waals surface area (Å²) in [5, 5.41) is 1.10. The fraction of sp³-hybridized carbons (Fsp3) is 0.500. The Balaban J connectivity index is 0. The molecule has 2 nitrogen and oxygen atoms in total. The highest BCUT2D eigenvalue weighted by atomic mass is 35.5. The van der Waals surface area contributed by atoms with Crippen LogP contribution in [0.25, 0.3) is 0 Å². The Labute approximate surface area is 83.0 Å². The highest BCUT2D eigenvalue weighted by Gasteiger charge is 1.99. The molecule has 0 radical (unpaired) electrons. The van der Waals surface area contributed by atoms with Gasteiger partial charge in [-0.05, 0) is 13.8 Å². The lowest BCUT2D eigenvalue weighted by molar-refractivity contribution is 1.06. The van der Waals surface area contributed by atoms with Crippen LogP contribution in [-0.2, 0) is 6.54 Å². The van der Waals surface area contributed by atoms with E-state index in [1.54, 1.807) is 11.3 Å². The zero-order valence-electron chi connectivity index (χ0n) is 6.46. The van der Waals surface area contributed by atoms with Gasteiger partial charge in [0, 0.05) is 11.4 Å². The molecule has 0 saturated heterocycles. The number of hydrogen-bond donors (Lipinski definition) is 1. The Morgan fingerprint density at radius 2 is 1.91 bits per heavy atom. The van der Waals surface area contributed by atoms with Gasteiger partial charge in [0.1, 0.15) is 0 Å². The predicted octanol–water partition coefficient (Wildman–Crippen LogP) is 2.06. The summed E-state index contributed by atoms with van der Waals surface area (Å²) < 4.78 is 0. The van der Waals surface area contributed by atoms with Crippen molar-refractivity contribution in [2.75, 3.05) is 0 Å². The van der Waals surface area contributed by atoms with Gasteiger partial charge < -0.3 is 5.73 Å². The molecule has 0 bridgehead atoms. The lowest BCUT2D eigenvalue weighted by atomic mass is 10.4. The number of halogens is 2. The third kappa shape index (κ3) is 3.38. The van der Waals surface area contributed by atoms with Gasteiger partial charge in [-0.15, -0.1) is 36.2 Å². The van der Waals surface area contributed by atoms with Crippen molar-refractivity contribution >= 4 is 36.2 Å². The third-order valence-electron chi connectivity index (χ3n) is 1.18. The van der Waals surface area contributed by atoms with Gasteiger partial charge in [0.15, 0.2) is 0 Å². The van der Waals surface area contributed by atoms with Gasteiger partial charge >= 0.3 is 0 Å². The topological polar surface area (TPSA) is 38.9 Å². The zero-order chi connectivity index (χ0) is 6.85. The summed E-state index contributed by atoms with van der Waals surface area (Å²) in [6, 6.07) is 0. The van der Waals surface area contributed by atoms with Crippen LogP contribution in [0.2, 0.25) is 0 Å². The number of hydrogen-bond acceptors (Lipinski definition) is 3. The number of nitrogens with zero attached hydrogens (tertiary/aromatic N) is 1. The van der Waals surface area contributed by atoms with Crippen LogP contribution in [0, 0.1) is 13.8 Å².